The van der Waals surface area contributed by atoms with Gasteiger partial charge < -0.3 is 24.4 Å². The van der Waals surface area contributed by atoms with Gasteiger partial charge in [-0.3, -0.25) is 4.79 Å². The molecule has 0 saturated carbocycles. The van der Waals surface area contributed by atoms with Gasteiger partial charge in [0.2, 0.25) is 11.8 Å². The van der Waals surface area contributed by atoms with Crippen LogP contribution >= 0.6 is 0 Å². The number of hydrogen-bond acceptors (Lipinski definition) is 7. The lowest BCUT2D eigenvalue weighted by molar-refractivity contribution is -0.118. The van der Waals surface area contributed by atoms with Crippen molar-refractivity contribution in [3.8, 4) is 17.4 Å². The molecule has 3 rings (SSSR count). The highest BCUT2D eigenvalue weighted by molar-refractivity contribution is 5.92. The lowest BCUT2D eigenvalue weighted by Gasteiger charge is -2.30. The third kappa shape index (κ3) is 5.73. The highest BCUT2D eigenvalue weighted by Gasteiger charge is 2.19. The molecule has 1 saturated heterocycles. The Morgan fingerprint density at radius 2 is 1.76 bits per heavy atom. The first-order valence-corrected chi connectivity index (χ1v) is 9.73. The molecule has 0 aliphatic carbocycles. The predicted molar refractivity (Wildman–Crippen MR) is 111 cm³/mol. The number of rotatable bonds is 7. The second kappa shape index (κ2) is 9.45. The fourth-order valence-electron chi connectivity index (χ4n) is 3.16. The Balaban J connectivity index is 1.61. The lowest BCUT2D eigenvalue weighted by Crippen LogP contribution is -2.34. The van der Waals surface area contributed by atoms with Crippen LogP contribution < -0.4 is 24.4 Å². The number of hydrogen-bond donors (Lipinski definition) is 1. The van der Waals surface area contributed by atoms with Crippen LogP contribution in [0.3, 0.4) is 0 Å². The fourth-order valence-corrected chi connectivity index (χ4v) is 3.16. The van der Waals surface area contributed by atoms with Gasteiger partial charge in [0.05, 0.1) is 14.2 Å². The zero-order valence-electron chi connectivity index (χ0n) is 17.4. The Labute approximate surface area is 171 Å². The van der Waals surface area contributed by atoms with E-state index < -0.39 is 0 Å². The normalized spacial score (nSPS) is 14.4. The molecule has 0 unspecified atom stereocenters. The SMILES string of the molecule is COc1cc(NC(=O)COc2cc(C)nc(N3CCC(C)CC3)n2)cc(OC)c1. The number of aryl methyl sites for hydroxylation is 1. The van der Waals surface area contributed by atoms with E-state index in [0.29, 0.717) is 29.0 Å². The molecule has 0 bridgehead atoms. The van der Waals surface area contributed by atoms with Gasteiger partial charge in [0.25, 0.3) is 5.91 Å². The van der Waals surface area contributed by atoms with E-state index in [0.717, 1.165) is 37.5 Å². The van der Waals surface area contributed by atoms with Crippen LogP contribution in [0.4, 0.5) is 11.6 Å². The van der Waals surface area contributed by atoms with E-state index >= 15 is 0 Å². The predicted octanol–water partition coefficient (Wildman–Crippen LogP) is 3.06. The smallest absolute Gasteiger partial charge is 0.262 e. The number of benzene rings is 1. The maximum atomic E-state index is 12.3. The quantitative estimate of drug-likeness (QED) is 0.764. The summed E-state index contributed by atoms with van der Waals surface area (Å²) in [5, 5.41) is 2.78. The topological polar surface area (TPSA) is 85.8 Å². The molecule has 29 heavy (non-hydrogen) atoms. The maximum absolute atomic E-state index is 12.3. The van der Waals surface area contributed by atoms with E-state index in [9.17, 15) is 4.79 Å². The van der Waals surface area contributed by atoms with E-state index in [-0.39, 0.29) is 12.5 Å². The summed E-state index contributed by atoms with van der Waals surface area (Å²) in [7, 11) is 3.11. The van der Waals surface area contributed by atoms with Crippen molar-refractivity contribution in [3.63, 3.8) is 0 Å². The van der Waals surface area contributed by atoms with Gasteiger partial charge in [-0.1, -0.05) is 6.92 Å². The van der Waals surface area contributed by atoms with Crippen molar-refractivity contribution in [1.29, 1.82) is 0 Å². The number of carbonyl (C=O) groups is 1. The molecular formula is C21H28N4O4. The van der Waals surface area contributed by atoms with Gasteiger partial charge in [-0.2, -0.15) is 4.98 Å². The number of piperidine rings is 1. The molecule has 1 N–H and O–H groups in total. The van der Waals surface area contributed by atoms with Crippen LogP contribution in [0.25, 0.3) is 0 Å². The second-order valence-electron chi connectivity index (χ2n) is 7.26. The average Bonchev–Trinajstić information content (AvgIpc) is 2.72. The van der Waals surface area contributed by atoms with Crippen molar-refractivity contribution >= 4 is 17.5 Å². The zero-order chi connectivity index (χ0) is 20.8. The Morgan fingerprint density at radius 3 is 2.38 bits per heavy atom. The van der Waals surface area contributed by atoms with Crippen molar-refractivity contribution in [2.45, 2.75) is 26.7 Å². The van der Waals surface area contributed by atoms with Crippen molar-refractivity contribution < 1.29 is 19.0 Å². The van der Waals surface area contributed by atoms with Gasteiger partial charge in [0, 0.05) is 48.7 Å². The molecule has 1 aromatic heterocycles. The van der Waals surface area contributed by atoms with E-state index in [1.165, 1.54) is 0 Å². The molecule has 1 aliphatic rings. The summed E-state index contributed by atoms with van der Waals surface area (Å²) in [5.41, 5.74) is 1.37. The Hall–Kier alpha value is -3.03. The van der Waals surface area contributed by atoms with E-state index in [2.05, 4.69) is 27.1 Å². The molecule has 0 spiro atoms. The molecule has 1 fully saturated rings. The van der Waals surface area contributed by atoms with Gasteiger partial charge in [-0.25, -0.2) is 4.98 Å². The molecule has 8 heteroatoms. The Bertz CT molecular complexity index is 828. The largest absolute Gasteiger partial charge is 0.497 e. The molecular weight excluding hydrogens is 372 g/mol. The Kier molecular flexibility index (Phi) is 6.74. The number of ether oxygens (including phenoxy) is 3. The van der Waals surface area contributed by atoms with Crippen molar-refractivity contribution in [3.05, 3.63) is 30.0 Å². The average molecular weight is 400 g/mol. The molecule has 0 radical (unpaired) electrons. The highest BCUT2D eigenvalue weighted by atomic mass is 16.5. The summed E-state index contributed by atoms with van der Waals surface area (Å²) in [5.74, 6) is 2.66. The summed E-state index contributed by atoms with van der Waals surface area (Å²) < 4.78 is 16.1. The first-order chi connectivity index (χ1) is 14.0. The van der Waals surface area contributed by atoms with Crippen LogP contribution in [0.15, 0.2) is 24.3 Å². The number of amides is 1. The van der Waals surface area contributed by atoms with E-state index in [1.807, 2.05) is 6.92 Å². The summed E-state index contributed by atoms with van der Waals surface area (Å²) in [6, 6.07) is 6.89. The molecule has 1 amide bonds. The molecule has 2 aromatic rings. The molecule has 8 nitrogen and oxygen atoms in total. The highest BCUT2D eigenvalue weighted by Crippen LogP contribution is 2.26. The van der Waals surface area contributed by atoms with Crippen molar-refractivity contribution in [1.82, 2.24) is 9.97 Å². The fraction of sp³-hybridized carbons (Fsp3) is 0.476. The summed E-state index contributed by atoms with van der Waals surface area (Å²) in [6.45, 7) is 5.86. The van der Waals surface area contributed by atoms with Crippen molar-refractivity contribution in [2.75, 3.05) is 44.1 Å². The number of nitrogens with one attached hydrogen (secondary N) is 1. The zero-order valence-corrected chi connectivity index (χ0v) is 17.4. The molecule has 0 atom stereocenters. The van der Waals surface area contributed by atoms with Crippen LogP contribution in [-0.2, 0) is 4.79 Å². The third-order valence-electron chi connectivity index (χ3n) is 4.87. The van der Waals surface area contributed by atoms with Gasteiger partial charge in [0.1, 0.15) is 11.5 Å². The van der Waals surface area contributed by atoms with Crippen LogP contribution in [0.1, 0.15) is 25.5 Å². The number of nitrogens with zero attached hydrogens (tertiary/aromatic N) is 3. The molecule has 1 aliphatic heterocycles. The number of aromatic nitrogens is 2. The van der Waals surface area contributed by atoms with Gasteiger partial charge in [-0.05, 0) is 25.7 Å². The first-order valence-electron chi connectivity index (χ1n) is 9.73. The second-order valence-corrected chi connectivity index (χ2v) is 7.26. The Morgan fingerprint density at radius 1 is 1.10 bits per heavy atom. The maximum Gasteiger partial charge on any atom is 0.262 e. The van der Waals surface area contributed by atoms with Crippen LogP contribution in [-0.4, -0.2) is 49.8 Å². The number of carbonyl (C=O) groups excluding carboxylic acids is 1. The summed E-state index contributed by atoms with van der Waals surface area (Å²) in [6.07, 6.45) is 2.25. The summed E-state index contributed by atoms with van der Waals surface area (Å²) in [4.78, 5) is 23.5. The minimum atomic E-state index is -0.301. The molecule has 2 heterocycles. The van der Waals surface area contributed by atoms with Gasteiger partial charge in [0.15, 0.2) is 6.61 Å². The molecule has 156 valence electrons. The first kappa shape index (κ1) is 20.7. The van der Waals surface area contributed by atoms with Crippen LogP contribution in [0, 0.1) is 12.8 Å². The standard InChI is InChI=1S/C21H28N4O4/c1-14-5-7-25(8-6-14)21-22-15(2)9-20(24-21)29-13-19(26)23-16-10-17(27-3)12-18(11-16)28-4/h9-12,14H,5-8,13H2,1-4H3,(H,23,26). The minimum Gasteiger partial charge on any atom is -0.497 e. The van der Waals surface area contributed by atoms with E-state index in [1.54, 1.807) is 38.5 Å². The van der Waals surface area contributed by atoms with Crippen LogP contribution in [0.2, 0.25) is 0 Å². The van der Waals surface area contributed by atoms with E-state index in [4.69, 9.17) is 14.2 Å². The van der Waals surface area contributed by atoms with Gasteiger partial charge >= 0.3 is 0 Å². The van der Waals surface area contributed by atoms with Gasteiger partial charge in [-0.15, -0.1) is 0 Å². The van der Waals surface area contributed by atoms with Crippen LogP contribution in [0.5, 0.6) is 17.4 Å². The molecule has 1 aromatic carbocycles. The van der Waals surface area contributed by atoms with Crippen molar-refractivity contribution in [2.24, 2.45) is 5.92 Å². The third-order valence-corrected chi connectivity index (χ3v) is 4.87. The number of methoxy groups -OCH3 is 2. The number of anilines is 2. The lowest BCUT2D eigenvalue weighted by atomic mass is 10.00. The summed E-state index contributed by atoms with van der Waals surface area (Å²) >= 11 is 0. The monoisotopic (exact) mass is 400 g/mol. The minimum absolute atomic E-state index is 0.160.